The van der Waals surface area contributed by atoms with Crippen LogP contribution in [0.1, 0.15) is 34.7 Å². The van der Waals surface area contributed by atoms with Crippen molar-refractivity contribution < 1.29 is 0 Å². The number of nitrogens with one attached hydrogen (secondary N) is 1. The number of hydrogen-bond acceptors (Lipinski definition) is 1. The zero-order valence-corrected chi connectivity index (χ0v) is 17.5. The van der Waals surface area contributed by atoms with Crippen molar-refractivity contribution in [2.75, 3.05) is 7.05 Å². The van der Waals surface area contributed by atoms with Crippen LogP contribution in [0.15, 0.2) is 55.3 Å². The quantitative estimate of drug-likeness (QED) is 0.487. The van der Waals surface area contributed by atoms with E-state index in [2.05, 4.69) is 89.3 Å². The van der Waals surface area contributed by atoms with Gasteiger partial charge in [-0.3, -0.25) is 0 Å². The Morgan fingerprint density at radius 1 is 0.885 bits per heavy atom. The molecule has 1 heteroatoms. The minimum Gasteiger partial charge on any atom is -0.382 e. The molecule has 2 rings (SSSR count). The summed E-state index contributed by atoms with van der Waals surface area (Å²) in [5.74, 6) is 2.45. The second-order valence-corrected chi connectivity index (χ2v) is 6.22. The zero-order valence-electron chi connectivity index (χ0n) is 17.5. The second kappa shape index (κ2) is 11.8. The van der Waals surface area contributed by atoms with Crippen molar-refractivity contribution in [1.29, 1.82) is 0 Å². The minimum atomic E-state index is 0.833. The summed E-state index contributed by atoms with van der Waals surface area (Å²) < 4.78 is 0. The van der Waals surface area contributed by atoms with Gasteiger partial charge in [0.2, 0.25) is 0 Å². The molecule has 0 heterocycles. The molecule has 0 aliphatic carbocycles. The molecule has 0 spiro atoms. The fourth-order valence-corrected chi connectivity index (χ4v) is 2.70. The normalized spacial score (nSPS) is 9.85. The van der Waals surface area contributed by atoms with Crippen LogP contribution >= 0.6 is 0 Å². The van der Waals surface area contributed by atoms with Gasteiger partial charge in [0.25, 0.3) is 0 Å². The van der Waals surface area contributed by atoms with Crippen molar-refractivity contribution in [3.05, 3.63) is 83.1 Å². The van der Waals surface area contributed by atoms with Crippen molar-refractivity contribution in [2.45, 2.75) is 41.5 Å². The lowest BCUT2D eigenvalue weighted by Crippen LogP contribution is -2.01. The topological polar surface area (TPSA) is 12.0 Å². The number of terminal acetylenes is 1. The summed E-state index contributed by atoms with van der Waals surface area (Å²) in [5.41, 5.74) is 10.3. The van der Waals surface area contributed by atoms with Gasteiger partial charge in [0.05, 0.1) is 5.70 Å². The van der Waals surface area contributed by atoms with E-state index in [9.17, 15) is 0 Å². The van der Waals surface area contributed by atoms with Gasteiger partial charge in [-0.25, -0.2) is 0 Å². The van der Waals surface area contributed by atoms with E-state index in [4.69, 9.17) is 6.42 Å². The van der Waals surface area contributed by atoms with Gasteiger partial charge < -0.3 is 5.32 Å². The number of allylic oxidation sites excluding steroid dienone is 2. The first-order valence-corrected chi connectivity index (χ1v) is 8.79. The fourth-order valence-electron chi connectivity index (χ4n) is 2.70. The Kier molecular flexibility index (Phi) is 10.5. The number of hydrogen-bond donors (Lipinski definition) is 1. The molecule has 0 amide bonds. The predicted octanol–water partition coefficient (Wildman–Crippen LogP) is 6.44. The highest BCUT2D eigenvalue weighted by Gasteiger charge is 2.05. The van der Waals surface area contributed by atoms with Crippen LogP contribution in [-0.4, -0.2) is 7.05 Å². The Morgan fingerprint density at radius 3 is 1.77 bits per heavy atom. The van der Waals surface area contributed by atoms with Gasteiger partial charge >= 0.3 is 0 Å². The zero-order chi connectivity index (χ0) is 20.3. The SMILES string of the molecule is C#C/C(=C/C)NC.C=C.Cc1cc(C)cc(-c2cc(C)c(C)cc2C)c1. The van der Waals surface area contributed by atoms with Crippen LogP contribution in [0.25, 0.3) is 11.1 Å². The van der Waals surface area contributed by atoms with Crippen LogP contribution in [0.2, 0.25) is 0 Å². The van der Waals surface area contributed by atoms with Gasteiger partial charge in [0.15, 0.2) is 0 Å². The molecule has 0 aliphatic rings. The fraction of sp³-hybridized carbons (Fsp3) is 0.280. The standard InChI is InChI=1S/C17H20.C6H9N.C2H4/c1-11-6-12(2)8-16(7-11)17-10-14(4)13(3)9-15(17)5;1-4-6(5-2)7-3;1-2/h6-10H,1-5H3;1,5,7H,2-3H3;1-2H2/b;6-5-;. The maximum atomic E-state index is 5.01. The smallest absolute Gasteiger partial charge is 0.0804 e. The second-order valence-electron chi connectivity index (χ2n) is 6.22. The third kappa shape index (κ3) is 7.03. The van der Waals surface area contributed by atoms with E-state index in [0.29, 0.717) is 0 Å². The Hall–Kier alpha value is -2.72. The molecule has 138 valence electrons. The molecule has 2 aromatic rings. The largest absolute Gasteiger partial charge is 0.382 e. The van der Waals surface area contributed by atoms with Gasteiger partial charge in [0, 0.05) is 7.05 Å². The van der Waals surface area contributed by atoms with E-state index in [0.717, 1.165) is 5.70 Å². The van der Waals surface area contributed by atoms with Crippen LogP contribution in [-0.2, 0) is 0 Å². The number of benzene rings is 2. The molecule has 26 heavy (non-hydrogen) atoms. The van der Waals surface area contributed by atoms with Crippen LogP contribution in [0.3, 0.4) is 0 Å². The molecule has 0 unspecified atom stereocenters. The molecule has 0 saturated carbocycles. The van der Waals surface area contributed by atoms with Crippen LogP contribution in [0.5, 0.6) is 0 Å². The number of aryl methyl sites for hydroxylation is 5. The summed E-state index contributed by atoms with van der Waals surface area (Å²) in [6.45, 7) is 18.8. The van der Waals surface area contributed by atoms with Crippen LogP contribution in [0, 0.1) is 47.0 Å². The van der Waals surface area contributed by atoms with Crippen molar-refractivity contribution in [3.63, 3.8) is 0 Å². The molecule has 0 radical (unpaired) electrons. The highest BCUT2D eigenvalue weighted by molar-refractivity contribution is 5.70. The average Bonchev–Trinajstić information content (AvgIpc) is 2.61. The lowest BCUT2D eigenvalue weighted by molar-refractivity contribution is 1.04. The molecular formula is C25H33N. The summed E-state index contributed by atoms with van der Waals surface area (Å²) in [4.78, 5) is 0. The summed E-state index contributed by atoms with van der Waals surface area (Å²) in [6.07, 6.45) is 6.86. The summed E-state index contributed by atoms with van der Waals surface area (Å²) in [7, 11) is 1.80. The van der Waals surface area contributed by atoms with Crippen molar-refractivity contribution in [1.82, 2.24) is 5.32 Å². The van der Waals surface area contributed by atoms with Crippen molar-refractivity contribution >= 4 is 0 Å². The predicted molar refractivity (Wildman–Crippen MR) is 118 cm³/mol. The molecule has 1 N–H and O–H groups in total. The molecule has 2 aromatic carbocycles. The Balaban J connectivity index is 0.000000589. The van der Waals surface area contributed by atoms with Gasteiger partial charge in [-0.2, -0.15) is 0 Å². The van der Waals surface area contributed by atoms with Crippen molar-refractivity contribution in [3.8, 4) is 23.5 Å². The number of rotatable bonds is 2. The molecule has 0 atom stereocenters. The van der Waals surface area contributed by atoms with Gasteiger partial charge in [-0.15, -0.1) is 19.6 Å². The molecule has 0 saturated heterocycles. The Labute approximate surface area is 160 Å². The van der Waals surface area contributed by atoms with Gasteiger partial charge in [0.1, 0.15) is 0 Å². The van der Waals surface area contributed by atoms with E-state index in [1.165, 1.54) is 38.9 Å². The third-order valence-electron chi connectivity index (χ3n) is 4.09. The highest BCUT2D eigenvalue weighted by atomic mass is 14.8. The first-order valence-electron chi connectivity index (χ1n) is 8.79. The monoisotopic (exact) mass is 347 g/mol. The maximum absolute atomic E-state index is 5.01. The molecule has 0 fully saturated rings. The first kappa shape index (κ1) is 23.3. The van der Waals surface area contributed by atoms with Gasteiger partial charge in [-0.1, -0.05) is 53.5 Å². The lowest BCUT2D eigenvalue weighted by Gasteiger charge is -2.11. The Morgan fingerprint density at radius 2 is 1.38 bits per heavy atom. The summed E-state index contributed by atoms with van der Waals surface area (Å²) in [5, 5.41) is 2.83. The average molecular weight is 348 g/mol. The third-order valence-corrected chi connectivity index (χ3v) is 4.09. The van der Waals surface area contributed by atoms with Crippen molar-refractivity contribution in [2.24, 2.45) is 0 Å². The molecule has 0 bridgehead atoms. The minimum absolute atomic E-state index is 0.833. The van der Waals surface area contributed by atoms with Gasteiger partial charge in [-0.05, 0) is 69.4 Å². The van der Waals surface area contributed by atoms with E-state index in [1.54, 1.807) is 7.05 Å². The summed E-state index contributed by atoms with van der Waals surface area (Å²) >= 11 is 0. The van der Waals surface area contributed by atoms with E-state index >= 15 is 0 Å². The lowest BCUT2D eigenvalue weighted by atomic mass is 9.94. The van der Waals surface area contributed by atoms with Crippen LogP contribution < -0.4 is 5.32 Å². The highest BCUT2D eigenvalue weighted by Crippen LogP contribution is 2.27. The molecule has 0 aliphatic heterocycles. The van der Waals surface area contributed by atoms with E-state index in [1.807, 2.05) is 13.0 Å². The maximum Gasteiger partial charge on any atom is 0.0804 e. The van der Waals surface area contributed by atoms with Crippen LogP contribution in [0.4, 0.5) is 0 Å². The van der Waals surface area contributed by atoms with E-state index in [-0.39, 0.29) is 0 Å². The first-order chi connectivity index (χ1) is 12.3. The summed E-state index contributed by atoms with van der Waals surface area (Å²) in [6, 6.07) is 11.3. The Bertz CT molecular complexity index is 768. The molecule has 1 nitrogen and oxygen atoms in total. The molecular weight excluding hydrogens is 314 g/mol. The van der Waals surface area contributed by atoms with E-state index < -0.39 is 0 Å². The molecule has 0 aromatic heterocycles.